The number of allylic oxidation sites excluding steroid dienone is 1. The summed E-state index contributed by atoms with van der Waals surface area (Å²) in [6.07, 6.45) is 3.99. The monoisotopic (exact) mass is 88.1 g/mol. The molecule has 36 valence electrons. The van der Waals surface area contributed by atoms with E-state index in [4.69, 9.17) is 0 Å². The van der Waals surface area contributed by atoms with Crippen LogP contribution in [-0.2, 0) is 0 Å². The summed E-state index contributed by atoms with van der Waals surface area (Å²) < 4.78 is 11.0. The summed E-state index contributed by atoms with van der Waals surface area (Å²) in [6.45, 7) is 2.01. The highest BCUT2D eigenvalue weighted by Crippen LogP contribution is 1.86. The molecule has 0 amide bonds. The van der Waals surface area contributed by atoms with E-state index in [1.54, 1.807) is 0 Å². The second kappa shape index (κ2) is 4.67. The zero-order valence-electron chi connectivity index (χ0n) is 3.95. The van der Waals surface area contributed by atoms with Gasteiger partial charge in [-0.15, -0.1) is 0 Å². The molecule has 0 aliphatic carbocycles. The van der Waals surface area contributed by atoms with Crippen molar-refractivity contribution in [1.82, 2.24) is 0 Å². The predicted octanol–water partition coefficient (Wildman–Crippen LogP) is 2.27. The van der Waals surface area contributed by atoms with E-state index in [9.17, 15) is 4.39 Å². The molecule has 0 saturated heterocycles. The van der Waals surface area contributed by atoms with E-state index in [1.807, 2.05) is 6.92 Å². The van der Waals surface area contributed by atoms with Crippen LogP contribution in [0, 0.1) is 0 Å². The van der Waals surface area contributed by atoms with Gasteiger partial charge in [0.05, 0.1) is 6.33 Å². The van der Waals surface area contributed by atoms with Crippen molar-refractivity contribution in [2.45, 2.75) is 19.8 Å². The summed E-state index contributed by atoms with van der Waals surface area (Å²) in [6, 6.07) is 0. The second-order valence-electron chi connectivity index (χ2n) is 1.15. The zero-order valence-corrected chi connectivity index (χ0v) is 3.95. The molecule has 0 spiro atoms. The van der Waals surface area contributed by atoms with Crippen molar-refractivity contribution in [3.8, 4) is 0 Å². The van der Waals surface area contributed by atoms with Gasteiger partial charge in [-0.25, -0.2) is 4.39 Å². The van der Waals surface area contributed by atoms with Crippen molar-refractivity contribution in [2.75, 3.05) is 0 Å². The van der Waals surface area contributed by atoms with E-state index in [1.165, 1.54) is 6.08 Å². The highest BCUT2D eigenvalue weighted by Gasteiger charge is 1.66. The van der Waals surface area contributed by atoms with Crippen molar-refractivity contribution in [3.63, 3.8) is 0 Å². The highest BCUT2D eigenvalue weighted by atomic mass is 19.1. The number of unbranched alkanes of at least 4 members (excludes halogenated alkanes) is 1. The van der Waals surface area contributed by atoms with Gasteiger partial charge in [-0.05, 0) is 6.42 Å². The minimum atomic E-state index is 0.587. The average molecular weight is 88.1 g/mol. The SMILES string of the molecule is CCC/C=C/F. The molecule has 0 aliphatic heterocycles. The van der Waals surface area contributed by atoms with E-state index in [2.05, 4.69) is 0 Å². The van der Waals surface area contributed by atoms with Crippen LogP contribution in [-0.4, -0.2) is 0 Å². The van der Waals surface area contributed by atoms with E-state index < -0.39 is 0 Å². The Bertz CT molecular complexity index is 39.2. The first-order chi connectivity index (χ1) is 2.91. The predicted molar refractivity (Wildman–Crippen MR) is 25.2 cm³/mol. The van der Waals surface area contributed by atoms with Crippen molar-refractivity contribution in [1.29, 1.82) is 0 Å². The van der Waals surface area contributed by atoms with Crippen LogP contribution in [0.3, 0.4) is 0 Å². The normalized spacial score (nSPS) is 10.3. The van der Waals surface area contributed by atoms with Crippen LogP contribution in [0.5, 0.6) is 0 Å². The van der Waals surface area contributed by atoms with Gasteiger partial charge >= 0.3 is 0 Å². The van der Waals surface area contributed by atoms with Crippen LogP contribution >= 0.6 is 0 Å². The van der Waals surface area contributed by atoms with Gasteiger partial charge in [-0.3, -0.25) is 0 Å². The Balaban J connectivity index is 2.66. The average Bonchev–Trinajstić information content (AvgIpc) is 1.61. The Labute approximate surface area is 37.7 Å². The van der Waals surface area contributed by atoms with Gasteiger partial charge in [0, 0.05) is 0 Å². The lowest BCUT2D eigenvalue weighted by Gasteiger charge is -1.74. The summed E-state index contributed by atoms with van der Waals surface area (Å²) in [5.74, 6) is 0. The fraction of sp³-hybridized carbons (Fsp3) is 0.600. The first-order valence-corrected chi connectivity index (χ1v) is 2.17. The smallest absolute Gasteiger partial charge is 0.0827 e. The largest absolute Gasteiger partial charge is 0.216 e. The number of halogens is 1. The first-order valence-electron chi connectivity index (χ1n) is 2.17. The third kappa shape index (κ3) is 3.67. The molecular formula is C5H9F. The van der Waals surface area contributed by atoms with E-state index in [0.717, 1.165) is 12.8 Å². The lowest BCUT2D eigenvalue weighted by molar-refractivity contribution is 0.712. The maximum Gasteiger partial charge on any atom is 0.0827 e. The van der Waals surface area contributed by atoms with Gasteiger partial charge in [0.25, 0.3) is 0 Å². The Kier molecular flexibility index (Phi) is 4.41. The molecule has 0 unspecified atom stereocenters. The molecule has 0 aromatic heterocycles. The molecule has 0 rings (SSSR count). The maximum atomic E-state index is 11.0. The molecular weight excluding hydrogens is 79.1 g/mol. The first kappa shape index (κ1) is 5.67. The summed E-state index contributed by atoms with van der Waals surface area (Å²) in [5, 5.41) is 0. The van der Waals surface area contributed by atoms with Gasteiger partial charge in [-0.1, -0.05) is 19.4 Å². The molecule has 0 bridgehead atoms. The minimum absolute atomic E-state index is 0.587. The Morgan fingerprint density at radius 1 is 1.67 bits per heavy atom. The van der Waals surface area contributed by atoms with Gasteiger partial charge in [0.1, 0.15) is 0 Å². The molecule has 0 atom stereocenters. The molecule has 0 saturated carbocycles. The molecule has 0 heterocycles. The lowest BCUT2D eigenvalue weighted by atomic mass is 10.3. The van der Waals surface area contributed by atoms with E-state index >= 15 is 0 Å². The van der Waals surface area contributed by atoms with Crippen LogP contribution < -0.4 is 0 Å². The third-order valence-corrected chi connectivity index (χ3v) is 0.544. The van der Waals surface area contributed by atoms with Gasteiger partial charge in [-0.2, -0.15) is 0 Å². The topological polar surface area (TPSA) is 0 Å². The second-order valence-corrected chi connectivity index (χ2v) is 1.15. The maximum absolute atomic E-state index is 11.0. The van der Waals surface area contributed by atoms with E-state index in [0.29, 0.717) is 6.33 Å². The van der Waals surface area contributed by atoms with Gasteiger partial charge in [0.2, 0.25) is 0 Å². The molecule has 0 aliphatic rings. The summed E-state index contributed by atoms with van der Waals surface area (Å²) >= 11 is 0. The van der Waals surface area contributed by atoms with E-state index in [-0.39, 0.29) is 0 Å². The highest BCUT2D eigenvalue weighted by molar-refractivity contribution is 4.69. The molecule has 0 aromatic carbocycles. The van der Waals surface area contributed by atoms with Crippen molar-refractivity contribution in [3.05, 3.63) is 12.4 Å². The summed E-state index contributed by atoms with van der Waals surface area (Å²) in [4.78, 5) is 0. The number of hydrogen-bond acceptors (Lipinski definition) is 0. The molecule has 0 nitrogen and oxygen atoms in total. The van der Waals surface area contributed by atoms with Crippen LogP contribution in [0.4, 0.5) is 4.39 Å². The molecule has 0 aromatic rings. The Hall–Kier alpha value is -0.330. The van der Waals surface area contributed by atoms with Crippen molar-refractivity contribution >= 4 is 0 Å². The third-order valence-electron chi connectivity index (χ3n) is 0.544. The van der Waals surface area contributed by atoms with Crippen molar-refractivity contribution < 1.29 is 4.39 Å². The number of rotatable bonds is 2. The summed E-state index contributed by atoms with van der Waals surface area (Å²) in [5.41, 5.74) is 0. The van der Waals surface area contributed by atoms with Crippen LogP contribution in [0.1, 0.15) is 19.8 Å². The molecule has 6 heavy (non-hydrogen) atoms. The molecule has 0 N–H and O–H groups in total. The zero-order chi connectivity index (χ0) is 4.83. The molecule has 1 heteroatoms. The standard InChI is InChI=1S/C5H9F/c1-2-3-4-5-6/h4-5H,2-3H2,1H3/b5-4+. The summed E-state index contributed by atoms with van der Waals surface area (Å²) in [7, 11) is 0. The van der Waals surface area contributed by atoms with Crippen molar-refractivity contribution in [2.24, 2.45) is 0 Å². The number of hydrogen-bond donors (Lipinski definition) is 0. The molecule has 0 fully saturated rings. The quantitative estimate of drug-likeness (QED) is 0.485. The van der Waals surface area contributed by atoms with Crippen LogP contribution in [0.25, 0.3) is 0 Å². The fourth-order valence-corrected chi connectivity index (χ4v) is 0.230. The Morgan fingerprint density at radius 2 is 2.33 bits per heavy atom. The lowest BCUT2D eigenvalue weighted by Crippen LogP contribution is -1.55. The molecule has 0 radical (unpaired) electrons. The Morgan fingerprint density at radius 3 is 2.50 bits per heavy atom. The van der Waals surface area contributed by atoms with Gasteiger partial charge < -0.3 is 0 Å². The fourth-order valence-electron chi connectivity index (χ4n) is 0.230. The van der Waals surface area contributed by atoms with Crippen LogP contribution in [0.15, 0.2) is 12.4 Å². The van der Waals surface area contributed by atoms with Crippen LogP contribution in [0.2, 0.25) is 0 Å². The minimum Gasteiger partial charge on any atom is -0.216 e. The van der Waals surface area contributed by atoms with Gasteiger partial charge in [0.15, 0.2) is 0 Å².